The van der Waals surface area contributed by atoms with E-state index in [9.17, 15) is 0 Å². The molecule has 50 heavy (non-hydrogen) atoms. The lowest BCUT2D eigenvalue weighted by molar-refractivity contribution is 0.488. The minimum absolute atomic E-state index is 0.352. The van der Waals surface area contributed by atoms with Crippen LogP contribution in [0.4, 0.5) is 0 Å². The molecule has 0 aliphatic carbocycles. The number of nitrogens with zero attached hydrogens (tertiary/aromatic N) is 3. The summed E-state index contributed by atoms with van der Waals surface area (Å²) in [6.45, 7) is 0. The number of nitrogens with one attached hydrogen (secondary N) is 1. The lowest BCUT2D eigenvalue weighted by Gasteiger charge is -2.30. The molecule has 5 N–H and O–H groups in total. The molecule has 4 aliphatic rings. The first-order chi connectivity index (χ1) is 24.5. The van der Waals surface area contributed by atoms with Crippen molar-refractivity contribution in [1.29, 1.82) is 0 Å². The fraction of sp³-hybridized carbons (Fsp3) is 0.0455. The van der Waals surface area contributed by atoms with Gasteiger partial charge in [-0.2, -0.15) is 0 Å². The Morgan fingerprint density at radius 3 is 1.90 bits per heavy atom. The van der Waals surface area contributed by atoms with Gasteiger partial charge in [-0.05, 0) is 71.4 Å². The van der Waals surface area contributed by atoms with Gasteiger partial charge in [0.25, 0.3) is 0 Å². The highest BCUT2D eigenvalue weighted by Crippen LogP contribution is 2.48. The van der Waals surface area contributed by atoms with Gasteiger partial charge in [0.15, 0.2) is 0 Å². The minimum atomic E-state index is -1.25. The van der Waals surface area contributed by atoms with E-state index in [-0.39, 0.29) is 6.04 Å². The van der Waals surface area contributed by atoms with Gasteiger partial charge >= 0.3 is 0 Å². The van der Waals surface area contributed by atoms with Crippen molar-refractivity contribution in [1.82, 2.24) is 9.88 Å². The van der Waals surface area contributed by atoms with E-state index in [1.54, 1.807) is 0 Å². The summed E-state index contributed by atoms with van der Waals surface area (Å²) in [5, 5.41) is 3.50. The lowest BCUT2D eigenvalue weighted by Crippen LogP contribution is -2.66. The Balaban J connectivity index is 1.50. The van der Waals surface area contributed by atoms with E-state index in [0.29, 0.717) is 5.71 Å². The summed E-state index contributed by atoms with van der Waals surface area (Å²) < 4.78 is 2.37. The Kier molecular flexibility index (Phi) is 7.13. The number of hydrogen-bond donors (Lipinski definition) is 3. The van der Waals surface area contributed by atoms with E-state index in [0.717, 1.165) is 73.3 Å². The van der Waals surface area contributed by atoms with Crippen molar-refractivity contribution in [2.45, 2.75) is 11.7 Å². The Hall–Kier alpha value is -6.34. The Morgan fingerprint density at radius 1 is 0.600 bits per heavy atom. The van der Waals surface area contributed by atoms with Crippen molar-refractivity contribution in [3.8, 4) is 27.9 Å². The zero-order valence-corrected chi connectivity index (χ0v) is 27.2. The van der Waals surface area contributed by atoms with Crippen molar-refractivity contribution in [3.63, 3.8) is 0 Å². The molecule has 0 spiro atoms. The minimum Gasteiger partial charge on any atom is -0.375 e. The molecule has 6 heteroatoms. The molecule has 1 unspecified atom stereocenters. The SMILES string of the molecule is NC1(N)C2=NC(=Cc3c(-c4ccccc4)c(-c4ccccc4)c(n3-c3ccccc3)C(c3ccccc3)=C3C=CC(=N3)C=C3C=CC1N3)C=C2. The predicted octanol–water partition coefficient (Wildman–Crippen LogP) is 7.97. The van der Waals surface area contributed by atoms with E-state index in [4.69, 9.17) is 21.5 Å². The van der Waals surface area contributed by atoms with Crippen LogP contribution in [-0.2, 0) is 0 Å². The van der Waals surface area contributed by atoms with Crippen LogP contribution >= 0.6 is 0 Å². The molecule has 8 bridgehead atoms. The molecular weight excluding hydrogens is 613 g/mol. The molecule has 240 valence electrons. The molecule has 0 amide bonds. The van der Waals surface area contributed by atoms with Crippen molar-refractivity contribution in [2.24, 2.45) is 21.5 Å². The summed E-state index contributed by atoms with van der Waals surface area (Å²) in [7, 11) is 0. The largest absolute Gasteiger partial charge is 0.375 e. The molecule has 0 saturated carbocycles. The zero-order valence-electron chi connectivity index (χ0n) is 27.2. The van der Waals surface area contributed by atoms with Gasteiger partial charge in [-0.1, -0.05) is 115 Å². The second kappa shape index (κ2) is 12.0. The quantitative estimate of drug-likeness (QED) is 0.173. The number of allylic oxidation sites excluding steroid dienone is 5. The monoisotopic (exact) mass is 646 g/mol. The third-order valence-corrected chi connectivity index (χ3v) is 9.56. The van der Waals surface area contributed by atoms with Crippen LogP contribution in [0.1, 0.15) is 17.0 Å². The molecule has 1 aromatic heterocycles. The highest BCUT2D eigenvalue weighted by Gasteiger charge is 2.38. The van der Waals surface area contributed by atoms with Gasteiger partial charge in [-0.15, -0.1) is 0 Å². The number of rotatable bonds is 4. The number of nitrogens with two attached hydrogens (primary N) is 2. The summed E-state index contributed by atoms with van der Waals surface area (Å²) in [5.41, 5.74) is 25.9. The summed E-state index contributed by atoms with van der Waals surface area (Å²) in [4.78, 5) is 10.4. The maximum absolute atomic E-state index is 6.86. The first kappa shape index (κ1) is 29.8. The maximum Gasteiger partial charge on any atom is 0.132 e. The highest BCUT2D eigenvalue weighted by molar-refractivity contribution is 6.10. The number of para-hydroxylation sites is 1. The van der Waals surface area contributed by atoms with Gasteiger partial charge in [0.1, 0.15) is 5.66 Å². The number of aromatic nitrogens is 1. The van der Waals surface area contributed by atoms with Gasteiger partial charge in [0, 0.05) is 28.1 Å². The van der Waals surface area contributed by atoms with Crippen LogP contribution in [0.5, 0.6) is 0 Å². The fourth-order valence-electron chi connectivity index (χ4n) is 7.20. The third kappa shape index (κ3) is 5.06. The van der Waals surface area contributed by atoms with Gasteiger partial charge in [-0.3, -0.25) is 0 Å². The van der Waals surface area contributed by atoms with E-state index in [1.165, 1.54) is 0 Å². The van der Waals surface area contributed by atoms with Gasteiger partial charge in [0.05, 0.1) is 40.2 Å². The standard InChI is InChI=1S/C44H34N6/c45-44(46)38-25-22-33(48-38)27-32-21-24-36(47-32)40(29-13-5-1-6-14-29)43-42(31-17-9-3-10-18-31)41(30-15-7-2-8-16-30)37(28-34-23-26-39(44)49-34)50(43)35-19-11-4-12-20-35/h1-28,38,48H,45-46H2. The average molecular weight is 647 g/mol. The highest BCUT2D eigenvalue weighted by atomic mass is 15.1. The topological polar surface area (TPSA) is 93.7 Å². The fourth-order valence-corrected chi connectivity index (χ4v) is 7.20. The van der Waals surface area contributed by atoms with Gasteiger partial charge in [-0.25, -0.2) is 9.98 Å². The van der Waals surface area contributed by atoms with Crippen LogP contribution in [0.25, 0.3) is 39.6 Å². The normalized spacial score (nSPS) is 18.5. The van der Waals surface area contributed by atoms with E-state index < -0.39 is 5.66 Å². The second-order valence-corrected chi connectivity index (χ2v) is 12.8. The van der Waals surface area contributed by atoms with Crippen molar-refractivity contribution in [2.75, 3.05) is 0 Å². The summed E-state index contributed by atoms with van der Waals surface area (Å²) in [5.74, 6) is 0. The molecule has 5 heterocycles. The summed E-state index contributed by atoms with van der Waals surface area (Å²) in [6, 6.07) is 42.0. The number of fused-ring (bicyclic) bond motifs is 6. The summed E-state index contributed by atoms with van der Waals surface area (Å²) >= 11 is 0. The molecule has 9 rings (SSSR count). The first-order valence-electron chi connectivity index (χ1n) is 16.8. The molecule has 6 nitrogen and oxygen atoms in total. The Bertz CT molecular complexity index is 2380. The average Bonchev–Trinajstić information content (AvgIpc) is 3.98. The van der Waals surface area contributed by atoms with Crippen LogP contribution in [0, 0.1) is 0 Å². The predicted molar refractivity (Wildman–Crippen MR) is 205 cm³/mol. The summed E-state index contributed by atoms with van der Waals surface area (Å²) in [6.07, 6.45) is 16.3. The van der Waals surface area contributed by atoms with Crippen molar-refractivity contribution in [3.05, 3.63) is 198 Å². The molecule has 5 aromatic rings. The van der Waals surface area contributed by atoms with Crippen molar-refractivity contribution >= 4 is 23.1 Å². The van der Waals surface area contributed by atoms with Crippen LogP contribution in [0.3, 0.4) is 0 Å². The molecule has 0 saturated heterocycles. The number of aliphatic imine (C=N–C) groups is 2. The molecule has 1 atom stereocenters. The van der Waals surface area contributed by atoms with E-state index in [2.05, 4.69) is 149 Å². The van der Waals surface area contributed by atoms with Crippen LogP contribution < -0.4 is 16.8 Å². The lowest BCUT2D eigenvalue weighted by atomic mass is 9.90. The zero-order chi connectivity index (χ0) is 33.7. The Labute approximate surface area is 291 Å². The van der Waals surface area contributed by atoms with Gasteiger partial charge in [0.2, 0.25) is 0 Å². The van der Waals surface area contributed by atoms with Crippen molar-refractivity contribution < 1.29 is 0 Å². The molecular formula is C44H34N6. The van der Waals surface area contributed by atoms with E-state index in [1.807, 2.05) is 30.4 Å². The van der Waals surface area contributed by atoms with Crippen LogP contribution in [-0.4, -0.2) is 27.7 Å². The molecule has 0 fully saturated rings. The maximum atomic E-state index is 6.86. The third-order valence-electron chi connectivity index (χ3n) is 9.56. The first-order valence-corrected chi connectivity index (χ1v) is 16.8. The molecule has 4 aliphatic heterocycles. The smallest absolute Gasteiger partial charge is 0.132 e. The number of benzene rings is 4. The molecule has 4 aromatic carbocycles. The Morgan fingerprint density at radius 2 is 1.22 bits per heavy atom. The van der Waals surface area contributed by atoms with Crippen LogP contribution in [0.2, 0.25) is 0 Å². The molecule has 0 radical (unpaired) electrons. The second-order valence-electron chi connectivity index (χ2n) is 12.8. The van der Waals surface area contributed by atoms with E-state index >= 15 is 0 Å². The number of hydrogen-bond acceptors (Lipinski definition) is 5. The van der Waals surface area contributed by atoms with Crippen LogP contribution in [0.15, 0.2) is 191 Å². The van der Waals surface area contributed by atoms with Gasteiger partial charge < -0.3 is 21.4 Å².